The normalized spacial score (nSPS) is 19.9. The van der Waals surface area contributed by atoms with E-state index in [0.717, 1.165) is 26.4 Å². The van der Waals surface area contributed by atoms with Crippen molar-refractivity contribution in [2.24, 2.45) is 0 Å². The van der Waals surface area contributed by atoms with Crippen LogP contribution in [0.25, 0.3) is 0 Å². The number of benzene rings is 1. The zero-order valence-corrected chi connectivity index (χ0v) is 19.3. The highest BCUT2D eigenvalue weighted by molar-refractivity contribution is 9.10. The third-order valence-corrected chi connectivity index (χ3v) is 7.95. The molecule has 0 aliphatic carbocycles. The number of rotatable bonds is 4. The van der Waals surface area contributed by atoms with Crippen LogP contribution in [0.15, 0.2) is 33.1 Å². The van der Waals surface area contributed by atoms with Crippen LogP contribution in [0, 0.1) is 0 Å². The van der Waals surface area contributed by atoms with Crippen LogP contribution in [0.4, 0.5) is 15.6 Å². The number of fused-ring (bicyclic) bond motifs is 2. The van der Waals surface area contributed by atoms with Gasteiger partial charge in [0.1, 0.15) is 0 Å². The minimum atomic E-state index is -0.903. The molecule has 1 aromatic heterocycles. The van der Waals surface area contributed by atoms with Crippen LogP contribution in [0.3, 0.4) is 0 Å². The lowest BCUT2D eigenvalue weighted by molar-refractivity contribution is -0.134. The van der Waals surface area contributed by atoms with Crippen LogP contribution in [-0.4, -0.2) is 58.3 Å². The molecule has 3 amide bonds. The van der Waals surface area contributed by atoms with Crippen LogP contribution in [-0.2, 0) is 15.0 Å². The summed E-state index contributed by atoms with van der Waals surface area (Å²) in [7, 11) is 0. The van der Waals surface area contributed by atoms with E-state index in [1.807, 2.05) is 23.1 Å². The van der Waals surface area contributed by atoms with Gasteiger partial charge >= 0.3 is 12.0 Å². The first-order valence-corrected chi connectivity index (χ1v) is 11.8. The molecule has 4 rings (SSSR count). The molecule has 0 bridgehead atoms. The van der Waals surface area contributed by atoms with Crippen molar-refractivity contribution in [3.8, 4) is 0 Å². The number of halogens is 1. The van der Waals surface area contributed by atoms with Crippen molar-refractivity contribution >= 4 is 67.8 Å². The largest absolute Gasteiger partial charge is 0.481 e. The Kier molecular flexibility index (Phi) is 5.78. The third kappa shape index (κ3) is 4.06. The number of hydrogen-bond donors (Lipinski definition) is 2. The number of thiazole rings is 1. The predicted molar refractivity (Wildman–Crippen MR) is 120 cm³/mol. The number of hydrogen-bond acceptors (Lipinski definition) is 6. The van der Waals surface area contributed by atoms with Gasteiger partial charge in [-0.2, -0.15) is 0 Å². The number of urea groups is 1. The smallest absolute Gasteiger partial charge is 0.328 e. The summed E-state index contributed by atoms with van der Waals surface area (Å²) >= 11 is 5.93. The van der Waals surface area contributed by atoms with E-state index in [2.05, 4.69) is 26.2 Å². The van der Waals surface area contributed by atoms with Gasteiger partial charge in [0.2, 0.25) is 5.91 Å². The molecule has 2 aliphatic heterocycles. The molecule has 3 heterocycles. The van der Waals surface area contributed by atoms with E-state index >= 15 is 0 Å². The Balaban J connectivity index is 1.54. The monoisotopic (exact) mass is 510 g/mol. The highest BCUT2D eigenvalue weighted by Gasteiger charge is 2.49. The number of aromatic nitrogens is 1. The van der Waals surface area contributed by atoms with Gasteiger partial charge in [0.25, 0.3) is 0 Å². The zero-order valence-electron chi connectivity index (χ0n) is 16.1. The number of amides is 3. The maximum Gasteiger partial charge on any atom is 0.328 e. The summed E-state index contributed by atoms with van der Waals surface area (Å²) in [6.45, 7) is 3.32. The Morgan fingerprint density at radius 3 is 2.87 bits per heavy atom. The Morgan fingerprint density at radius 1 is 1.37 bits per heavy atom. The van der Waals surface area contributed by atoms with E-state index in [0.29, 0.717) is 24.8 Å². The lowest BCUT2D eigenvalue weighted by Crippen LogP contribution is -2.41. The van der Waals surface area contributed by atoms with Crippen LogP contribution in [0.5, 0.6) is 0 Å². The van der Waals surface area contributed by atoms with Crippen molar-refractivity contribution in [2.45, 2.75) is 23.0 Å². The summed E-state index contributed by atoms with van der Waals surface area (Å²) in [5, 5.41) is 12.0. The Bertz CT molecular complexity index is 1030. The summed E-state index contributed by atoms with van der Waals surface area (Å²) < 4.78 is 1.66. The number of carbonyl (C=O) groups excluding carboxylic acids is 2. The van der Waals surface area contributed by atoms with E-state index < -0.39 is 5.97 Å². The fraction of sp³-hybridized carbons (Fsp3) is 0.368. The van der Waals surface area contributed by atoms with Gasteiger partial charge in [-0.25, -0.2) is 9.78 Å². The lowest BCUT2D eigenvalue weighted by atomic mass is 9.81. The molecule has 1 saturated heterocycles. The number of carbonyl (C=O) groups is 3. The summed E-state index contributed by atoms with van der Waals surface area (Å²) in [6, 6.07) is 5.57. The minimum Gasteiger partial charge on any atom is -0.481 e. The highest BCUT2D eigenvalue weighted by Crippen LogP contribution is 2.47. The van der Waals surface area contributed by atoms with Gasteiger partial charge in [0, 0.05) is 42.1 Å². The van der Waals surface area contributed by atoms with E-state index in [4.69, 9.17) is 5.11 Å². The molecule has 0 saturated carbocycles. The van der Waals surface area contributed by atoms with Crippen molar-refractivity contribution in [1.29, 1.82) is 0 Å². The van der Waals surface area contributed by atoms with Crippen molar-refractivity contribution in [2.75, 3.05) is 35.6 Å². The van der Waals surface area contributed by atoms with Gasteiger partial charge in [0.15, 0.2) is 5.13 Å². The van der Waals surface area contributed by atoms with Gasteiger partial charge in [0.05, 0.1) is 16.2 Å². The average Bonchev–Trinajstić information content (AvgIpc) is 3.39. The lowest BCUT2D eigenvalue weighted by Gasteiger charge is -2.25. The number of aliphatic carboxylic acids is 1. The first-order valence-electron chi connectivity index (χ1n) is 9.22. The SMILES string of the molecule is CC(=O)N1CCC2(C1)CN(C(=O)Nc1ncc(SCC(=O)O)s1)c1ccc(Br)cc12. The van der Waals surface area contributed by atoms with Gasteiger partial charge in [-0.1, -0.05) is 27.3 Å². The number of nitrogens with one attached hydrogen (secondary N) is 1. The number of anilines is 2. The van der Waals surface area contributed by atoms with Crippen molar-refractivity contribution in [3.63, 3.8) is 0 Å². The maximum absolute atomic E-state index is 13.1. The molecular weight excluding hydrogens is 492 g/mol. The van der Waals surface area contributed by atoms with Gasteiger partial charge in [-0.3, -0.25) is 19.8 Å². The second kappa shape index (κ2) is 8.20. The van der Waals surface area contributed by atoms with Gasteiger partial charge < -0.3 is 10.0 Å². The van der Waals surface area contributed by atoms with Crippen molar-refractivity contribution < 1.29 is 19.5 Å². The van der Waals surface area contributed by atoms with Gasteiger partial charge in [-0.05, 0) is 30.2 Å². The molecule has 1 fully saturated rings. The zero-order chi connectivity index (χ0) is 21.5. The minimum absolute atomic E-state index is 0.0421. The summed E-state index contributed by atoms with van der Waals surface area (Å²) in [4.78, 5) is 43.4. The van der Waals surface area contributed by atoms with E-state index in [1.165, 1.54) is 23.1 Å². The first kappa shape index (κ1) is 21.1. The van der Waals surface area contributed by atoms with Crippen LogP contribution in [0.1, 0.15) is 18.9 Å². The molecule has 8 nitrogen and oxygen atoms in total. The molecule has 2 aromatic rings. The van der Waals surface area contributed by atoms with E-state index in [1.54, 1.807) is 18.0 Å². The fourth-order valence-corrected chi connectivity index (χ4v) is 5.93. The molecule has 1 unspecified atom stereocenters. The highest BCUT2D eigenvalue weighted by atomic mass is 79.9. The molecule has 2 aliphatic rings. The second-order valence-corrected chi connectivity index (χ2v) is 10.5. The molecule has 158 valence electrons. The van der Waals surface area contributed by atoms with Crippen molar-refractivity contribution in [3.05, 3.63) is 34.4 Å². The second-order valence-electron chi connectivity index (χ2n) is 7.32. The number of carboxylic acids is 1. The quantitative estimate of drug-likeness (QED) is 0.608. The van der Waals surface area contributed by atoms with Gasteiger partial charge in [-0.15, -0.1) is 11.8 Å². The number of likely N-dealkylation sites (tertiary alicyclic amines) is 1. The molecule has 11 heteroatoms. The molecule has 1 atom stereocenters. The summed E-state index contributed by atoms with van der Waals surface area (Å²) in [5.41, 5.74) is 1.61. The van der Waals surface area contributed by atoms with E-state index in [9.17, 15) is 14.4 Å². The first-order chi connectivity index (χ1) is 14.3. The molecule has 1 aromatic carbocycles. The molecule has 1 spiro atoms. The topological polar surface area (TPSA) is 103 Å². The molecule has 0 radical (unpaired) electrons. The summed E-state index contributed by atoms with van der Waals surface area (Å²) in [5.74, 6) is -0.917. The van der Waals surface area contributed by atoms with Crippen LogP contribution in [0.2, 0.25) is 0 Å². The maximum atomic E-state index is 13.1. The van der Waals surface area contributed by atoms with Crippen LogP contribution < -0.4 is 10.2 Å². The van der Waals surface area contributed by atoms with Crippen LogP contribution >= 0.6 is 39.0 Å². The number of carboxylic acid groups (broad SMARTS) is 1. The van der Waals surface area contributed by atoms with Crippen molar-refractivity contribution in [1.82, 2.24) is 9.88 Å². The number of nitrogens with zero attached hydrogens (tertiary/aromatic N) is 3. The number of thioether (sulfide) groups is 1. The summed E-state index contributed by atoms with van der Waals surface area (Å²) in [6.07, 6.45) is 2.36. The Labute approximate surface area is 189 Å². The fourth-order valence-electron chi connectivity index (χ4n) is 3.99. The predicted octanol–water partition coefficient (Wildman–Crippen LogP) is 3.62. The molecule has 2 N–H and O–H groups in total. The molecule has 30 heavy (non-hydrogen) atoms. The Morgan fingerprint density at radius 2 is 2.17 bits per heavy atom. The standard InChI is InChI=1S/C19H19BrN4O4S2/c1-11(25)23-5-4-19(9-23)10-24(14-3-2-12(20)6-13(14)19)18(28)22-17-21-7-16(30-17)29-8-15(26)27/h2-3,6-7H,4-5,8-10H2,1H3,(H,26,27)(H,21,22,28). The Hall–Kier alpha value is -2.11. The average molecular weight is 511 g/mol. The van der Waals surface area contributed by atoms with E-state index in [-0.39, 0.29) is 23.1 Å². The molecular formula is C19H19BrN4O4S2. The third-order valence-electron chi connectivity index (χ3n) is 5.36.